The van der Waals surface area contributed by atoms with Crippen molar-refractivity contribution in [1.82, 2.24) is 9.97 Å². The molecule has 66 valence electrons. The van der Waals surface area contributed by atoms with Gasteiger partial charge in [0.1, 0.15) is 12.1 Å². The van der Waals surface area contributed by atoms with E-state index in [4.69, 9.17) is 16.3 Å². The van der Waals surface area contributed by atoms with Crippen LogP contribution in [0.25, 0.3) is 10.9 Å². The Morgan fingerprint density at radius 3 is 3.00 bits per heavy atom. The summed E-state index contributed by atoms with van der Waals surface area (Å²) in [6.45, 7) is 0. The van der Waals surface area contributed by atoms with Crippen LogP contribution < -0.4 is 4.74 Å². The standard InChI is InChI=1S/C9H7ClN2O/c1-13-9-3-8-6(2-7(9)10)4-11-5-12-8/h2-5H,1H3. The van der Waals surface area contributed by atoms with E-state index in [1.807, 2.05) is 0 Å². The van der Waals surface area contributed by atoms with E-state index in [9.17, 15) is 0 Å². The van der Waals surface area contributed by atoms with E-state index in [0.717, 1.165) is 10.9 Å². The number of aromatic nitrogens is 2. The second kappa shape index (κ2) is 3.18. The molecule has 0 saturated carbocycles. The highest BCUT2D eigenvalue weighted by molar-refractivity contribution is 6.32. The van der Waals surface area contributed by atoms with E-state index < -0.39 is 0 Å². The van der Waals surface area contributed by atoms with Gasteiger partial charge in [0.25, 0.3) is 0 Å². The van der Waals surface area contributed by atoms with Gasteiger partial charge in [-0.25, -0.2) is 9.97 Å². The Kier molecular flexibility index (Phi) is 2.02. The summed E-state index contributed by atoms with van der Waals surface area (Å²) in [4.78, 5) is 7.98. The molecule has 0 fully saturated rings. The quantitative estimate of drug-likeness (QED) is 0.699. The van der Waals surface area contributed by atoms with Gasteiger partial charge in [-0.3, -0.25) is 0 Å². The van der Waals surface area contributed by atoms with Gasteiger partial charge in [-0.05, 0) is 6.07 Å². The summed E-state index contributed by atoms with van der Waals surface area (Å²) in [6.07, 6.45) is 3.21. The molecule has 2 aromatic rings. The van der Waals surface area contributed by atoms with E-state index in [0.29, 0.717) is 10.8 Å². The first-order chi connectivity index (χ1) is 6.31. The second-order valence-electron chi connectivity index (χ2n) is 2.57. The highest BCUT2D eigenvalue weighted by Crippen LogP contribution is 2.28. The third-order valence-electron chi connectivity index (χ3n) is 1.78. The molecule has 0 unspecified atom stereocenters. The van der Waals surface area contributed by atoms with Crippen LogP contribution in [0.2, 0.25) is 5.02 Å². The minimum Gasteiger partial charge on any atom is -0.495 e. The molecule has 0 atom stereocenters. The minimum absolute atomic E-state index is 0.574. The predicted molar refractivity (Wildman–Crippen MR) is 51.1 cm³/mol. The number of ether oxygens (including phenoxy) is 1. The highest BCUT2D eigenvalue weighted by atomic mass is 35.5. The first-order valence-electron chi connectivity index (χ1n) is 3.74. The number of nitrogens with zero attached hydrogens (tertiary/aromatic N) is 2. The van der Waals surface area contributed by atoms with Crippen LogP contribution in [-0.2, 0) is 0 Å². The fourth-order valence-corrected chi connectivity index (χ4v) is 1.39. The number of methoxy groups -OCH3 is 1. The zero-order valence-electron chi connectivity index (χ0n) is 6.99. The Bertz CT molecular complexity index is 445. The van der Waals surface area contributed by atoms with Crippen molar-refractivity contribution < 1.29 is 4.74 Å². The van der Waals surface area contributed by atoms with E-state index >= 15 is 0 Å². The van der Waals surface area contributed by atoms with Crippen molar-refractivity contribution in [3.05, 3.63) is 29.7 Å². The van der Waals surface area contributed by atoms with Gasteiger partial charge in [0, 0.05) is 17.6 Å². The molecule has 13 heavy (non-hydrogen) atoms. The summed E-state index contributed by atoms with van der Waals surface area (Å²) in [7, 11) is 1.58. The van der Waals surface area contributed by atoms with Gasteiger partial charge in [0.15, 0.2) is 0 Å². The molecule has 0 aliphatic carbocycles. The molecule has 0 amide bonds. The molecular formula is C9H7ClN2O. The van der Waals surface area contributed by atoms with Gasteiger partial charge >= 0.3 is 0 Å². The number of hydrogen-bond acceptors (Lipinski definition) is 3. The summed E-state index contributed by atoms with van der Waals surface area (Å²) in [5.41, 5.74) is 0.830. The molecule has 1 heterocycles. The predicted octanol–water partition coefficient (Wildman–Crippen LogP) is 2.29. The Balaban J connectivity index is 2.74. The van der Waals surface area contributed by atoms with Crippen molar-refractivity contribution in [3.8, 4) is 5.75 Å². The molecule has 0 N–H and O–H groups in total. The van der Waals surface area contributed by atoms with E-state index in [1.165, 1.54) is 6.33 Å². The maximum Gasteiger partial charge on any atom is 0.139 e. The lowest BCUT2D eigenvalue weighted by Crippen LogP contribution is -1.86. The fraction of sp³-hybridized carbons (Fsp3) is 0.111. The molecule has 1 aromatic heterocycles. The lowest BCUT2D eigenvalue weighted by molar-refractivity contribution is 0.415. The summed E-state index contributed by atoms with van der Waals surface area (Å²) in [5, 5.41) is 1.48. The smallest absolute Gasteiger partial charge is 0.139 e. The van der Waals surface area contributed by atoms with Crippen LogP contribution in [0, 0.1) is 0 Å². The van der Waals surface area contributed by atoms with Crippen LogP contribution >= 0.6 is 11.6 Å². The largest absolute Gasteiger partial charge is 0.495 e. The van der Waals surface area contributed by atoms with Gasteiger partial charge in [0.2, 0.25) is 0 Å². The summed E-state index contributed by atoms with van der Waals surface area (Å²) < 4.78 is 5.06. The maximum atomic E-state index is 5.92. The summed E-state index contributed by atoms with van der Waals surface area (Å²) >= 11 is 5.92. The van der Waals surface area contributed by atoms with E-state index in [1.54, 1.807) is 25.4 Å². The molecule has 0 spiro atoms. The first kappa shape index (κ1) is 8.26. The second-order valence-corrected chi connectivity index (χ2v) is 2.98. The molecule has 2 rings (SSSR count). The summed E-state index contributed by atoms with van der Waals surface area (Å²) in [6, 6.07) is 3.58. The Labute approximate surface area is 80.3 Å². The van der Waals surface area contributed by atoms with Crippen molar-refractivity contribution in [2.75, 3.05) is 7.11 Å². The number of hydrogen-bond donors (Lipinski definition) is 0. The molecule has 0 radical (unpaired) electrons. The van der Waals surface area contributed by atoms with Crippen molar-refractivity contribution in [3.63, 3.8) is 0 Å². The third kappa shape index (κ3) is 1.42. The lowest BCUT2D eigenvalue weighted by atomic mass is 10.2. The maximum absolute atomic E-state index is 5.92. The van der Waals surface area contributed by atoms with Gasteiger partial charge in [0.05, 0.1) is 17.6 Å². The molecular weight excluding hydrogens is 188 g/mol. The number of fused-ring (bicyclic) bond motifs is 1. The molecule has 0 bridgehead atoms. The fourth-order valence-electron chi connectivity index (χ4n) is 1.14. The van der Waals surface area contributed by atoms with E-state index in [-0.39, 0.29) is 0 Å². The number of halogens is 1. The molecule has 1 aromatic carbocycles. The van der Waals surface area contributed by atoms with Crippen LogP contribution in [0.4, 0.5) is 0 Å². The molecule has 3 nitrogen and oxygen atoms in total. The van der Waals surface area contributed by atoms with Gasteiger partial charge in [-0.15, -0.1) is 0 Å². The Hall–Kier alpha value is -1.35. The zero-order valence-corrected chi connectivity index (χ0v) is 7.75. The first-order valence-corrected chi connectivity index (χ1v) is 4.12. The van der Waals surface area contributed by atoms with Crippen molar-refractivity contribution >= 4 is 22.5 Å². The molecule has 0 saturated heterocycles. The van der Waals surface area contributed by atoms with Crippen molar-refractivity contribution in [2.24, 2.45) is 0 Å². The van der Waals surface area contributed by atoms with Crippen molar-refractivity contribution in [2.45, 2.75) is 0 Å². The minimum atomic E-state index is 0.574. The van der Waals surface area contributed by atoms with Crippen LogP contribution in [0.5, 0.6) is 5.75 Å². The Morgan fingerprint density at radius 2 is 2.23 bits per heavy atom. The van der Waals surface area contributed by atoms with Crippen LogP contribution in [-0.4, -0.2) is 17.1 Å². The van der Waals surface area contributed by atoms with Crippen LogP contribution in [0.3, 0.4) is 0 Å². The SMILES string of the molecule is COc1cc2ncncc2cc1Cl. The van der Waals surface area contributed by atoms with Crippen molar-refractivity contribution in [1.29, 1.82) is 0 Å². The topological polar surface area (TPSA) is 35.0 Å². The normalized spacial score (nSPS) is 10.3. The average molecular weight is 195 g/mol. The Morgan fingerprint density at radius 1 is 1.38 bits per heavy atom. The van der Waals surface area contributed by atoms with Gasteiger partial charge in [-0.1, -0.05) is 11.6 Å². The number of rotatable bonds is 1. The molecule has 0 aliphatic rings. The monoisotopic (exact) mass is 194 g/mol. The number of benzene rings is 1. The van der Waals surface area contributed by atoms with Gasteiger partial charge in [-0.2, -0.15) is 0 Å². The van der Waals surface area contributed by atoms with Crippen LogP contribution in [0.15, 0.2) is 24.7 Å². The third-order valence-corrected chi connectivity index (χ3v) is 2.07. The molecule has 0 aliphatic heterocycles. The average Bonchev–Trinajstić information content (AvgIpc) is 2.17. The van der Waals surface area contributed by atoms with E-state index in [2.05, 4.69) is 9.97 Å². The lowest BCUT2D eigenvalue weighted by Gasteiger charge is -2.03. The van der Waals surface area contributed by atoms with Gasteiger partial charge < -0.3 is 4.74 Å². The molecule has 4 heteroatoms. The van der Waals surface area contributed by atoms with Crippen LogP contribution in [0.1, 0.15) is 0 Å². The zero-order chi connectivity index (χ0) is 9.26. The highest BCUT2D eigenvalue weighted by Gasteiger charge is 2.02. The summed E-state index contributed by atoms with van der Waals surface area (Å²) in [5.74, 6) is 0.632.